The summed E-state index contributed by atoms with van der Waals surface area (Å²) in [7, 11) is 0. The standard InChI is InChI=1S/C13H19ClN2O/c1-5-6-11-15-12(14)10(4)13(16-11)17-8-7-9(2)3/h2,5-8H2,1,3-4H3. The average Bonchev–Trinajstić information content (AvgIpc) is 2.24. The van der Waals surface area contributed by atoms with E-state index in [-0.39, 0.29) is 0 Å². The zero-order valence-electron chi connectivity index (χ0n) is 10.7. The first kappa shape index (κ1) is 14.0. The minimum absolute atomic E-state index is 0.480. The lowest BCUT2D eigenvalue weighted by molar-refractivity contribution is 0.305. The Bertz CT molecular complexity index is 405. The van der Waals surface area contributed by atoms with Crippen molar-refractivity contribution in [1.82, 2.24) is 9.97 Å². The highest BCUT2D eigenvalue weighted by Crippen LogP contribution is 2.22. The van der Waals surface area contributed by atoms with E-state index in [4.69, 9.17) is 16.3 Å². The van der Waals surface area contributed by atoms with Crippen molar-refractivity contribution in [3.05, 3.63) is 28.7 Å². The Kier molecular flexibility index (Phi) is 5.42. The van der Waals surface area contributed by atoms with E-state index in [0.29, 0.717) is 17.6 Å². The number of nitrogens with zero attached hydrogens (tertiary/aromatic N) is 2. The molecule has 0 N–H and O–H groups in total. The number of ether oxygens (including phenoxy) is 1. The second-order valence-corrected chi connectivity index (χ2v) is 4.52. The third kappa shape index (κ3) is 4.35. The third-order valence-corrected chi connectivity index (χ3v) is 2.70. The summed E-state index contributed by atoms with van der Waals surface area (Å²) >= 11 is 6.05. The van der Waals surface area contributed by atoms with Crippen molar-refractivity contribution in [2.75, 3.05) is 6.61 Å². The van der Waals surface area contributed by atoms with Gasteiger partial charge in [-0.05, 0) is 20.3 Å². The molecule has 0 unspecified atom stereocenters. The molecule has 0 aliphatic rings. The zero-order valence-corrected chi connectivity index (χ0v) is 11.5. The van der Waals surface area contributed by atoms with Crippen molar-refractivity contribution < 1.29 is 4.74 Å². The molecule has 1 aromatic heterocycles. The SMILES string of the molecule is C=C(C)CCOc1nc(CCC)nc(Cl)c1C. The molecule has 0 aromatic carbocycles. The van der Waals surface area contributed by atoms with Gasteiger partial charge in [0.15, 0.2) is 0 Å². The van der Waals surface area contributed by atoms with Gasteiger partial charge in [0.25, 0.3) is 0 Å². The van der Waals surface area contributed by atoms with Crippen LogP contribution in [-0.4, -0.2) is 16.6 Å². The molecule has 0 aliphatic heterocycles. The fourth-order valence-corrected chi connectivity index (χ4v) is 1.49. The molecular weight excluding hydrogens is 236 g/mol. The molecule has 3 nitrogen and oxygen atoms in total. The molecule has 0 bridgehead atoms. The van der Waals surface area contributed by atoms with Crippen molar-refractivity contribution in [1.29, 1.82) is 0 Å². The number of halogens is 1. The van der Waals surface area contributed by atoms with Crippen molar-refractivity contribution in [3.8, 4) is 5.88 Å². The van der Waals surface area contributed by atoms with Crippen molar-refractivity contribution in [2.24, 2.45) is 0 Å². The van der Waals surface area contributed by atoms with Gasteiger partial charge in [0.1, 0.15) is 11.0 Å². The topological polar surface area (TPSA) is 35.0 Å². The van der Waals surface area contributed by atoms with Gasteiger partial charge in [-0.25, -0.2) is 4.98 Å². The number of hydrogen-bond donors (Lipinski definition) is 0. The molecule has 0 radical (unpaired) electrons. The van der Waals surface area contributed by atoms with E-state index in [2.05, 4.69) is 23.5 Å². The first-order chi connectivity index (χ1) is 8.04. The van der Waals surface area contributed by atoms with Crippen LogP contribution in [0.1, 0.15) is 38.1 Å². The molecule has 1 rings (SSSR count). The second kappa shape index (κ2) is 6.60. The van der Waals surface area contributed by atoms with Gasteiger partial charge in [0.05, 0.1) is 6.61 Å². The Balaban J connectivity index is 2.78. The van der Waals surface area contributed by atoms with Crippen LogP contribution in [0.15, 0.2) is 12.2 Å². The summed E-state index contributed by atoms with van der Waals surface area (Å²) in [6.45, 7) is 10.3. The Morgan fingerprint density at radius 2 is 2.12 bits per heavy atom. The number of rotatable bonds is 6. The molecule has 1 aromatic rings. The summed E-state index contributed by atoms with van der Waals surface area (Å²) in [6.07, 6.45) is 2.63. The Morgan fingerprint density at radius 3 is 2.71 bits per heavy atom. The van der Waals surface area contributed by atoms with Crippen LogP contribution in [-0.2, 0) is 6.42 Å². The molecule has 0 amide bonds. The summed E-state index contributed by atoms with van der Waals surface area (Å²) in [5.41, 5.74) is 1.89. The summed E-state index contributed by atoms with van der Waals surface area (Å²) < 4.78 is 5.62. The lowest BCUT2D eigenvalue weighted by Crippen LogP contribution is -2.05. The van der Waals surface area contributed by atoms with Crippen LogP contribution in [0.5, 0.6) is 5.88 Å². The van der Waals surface area contributed by atoms with E-state index in [9.17, 15) is 0 Å². The van der Waals surface area contributed by atoms with E-state index in [1.165, 1.54) is 0 Å². The van der Waals surface area contributed by atoms with Gasteiger partial charge in [-0.3, -0.25) is 0 Å². The largest absolute Gasteiger partial charge is 0.477 e. The molecule has 0 atom stereocenters. The number of hydrogen-bond acceptors (Lipinski definition) is 3. The van der Waals surface area contributed by atoms with Crippen LogP contribution >= 0.6 is 11.6 Å². The fourth-order valence-electron chi connectivity index (χ4n) is 1.31. The predicted molar refractivity (Wildman–Crippen MR) is 70.7 cm³/mol. The Hall–Kier alpha value is -1.09. The maximum absolute atomic E-state index is 6.05. The monoisotopic (exact) mass is 254 g/mol. The van der Waals surface area contributed by atoms with Crippen molar-refractivity contribution in [3.63, 3.8) is 0 Å². The van der Waals surface area contributed by atoms with E-state index >= 15 is 0 Å². The fraction of sp³-hybridized carbons (Fsp3) is 0.538. The smallest absolute Gasteiger partial charge is 0.221 e. The van der Waals surface area contributed by atoms with Crippen LogP contribution < -0.4 is 4.74 Å². The normalized spacial score (nSPS) is 10.4. The third-order valence-electron chi connectivity index (χ3n) is 2.33. The lowest BCUT2D eigenvalue weighted by atomic mass is 10.2. The quantitative estimate of drug-likeness (QED) is 0.573. The van der Waals surface area contributed by atoms with E-state index in [1.807, 2.05) is 13.8 Å². The summed E-state index contributed by atoms with van der Waals surface area (Å²) in [5.74, 6) is 1.34. The molecule has 0 fully saturated rings. The minimum Gasteiger partial charge on any atom is -0.477 e. The van der Waals surface area contributed by atoms with Crippen molar-refractivity contribution in [2.45, 2.75) is 40.0 Å². The first-order valence-electron chi connectivity index (χ1n) is 5.84. The summed E-state index contributed by atoms with van der Waals surface area (Å²) in [4.78, 5) is 8.60. The highest BCUT2D eigenvalue weighted by molar-refractivity contribution is 6.30. The Labute approximate surface area is 108 Å². The van der Waals surface area contributed by atoms with Crippen LogP contribution in [0, 0.1) is 6.92 Å². The second-order valence-electron chi connectivity index (χ2n) is 4.17. The minimum atomic E-state index is 0.480. The van der Waals surface area contributed by atoms with Crippen molar-refractivity contribution >= 4 is 11.6 Å². The molecule has 4 heteroatoms. The van der Waals surface area contributed by atoms with Gasteiger partial charge in [0.2, 0.25) is 5.88 Å². The van der Waals surface area contributed by atoms with E-state index < -0.39 is 0 Å². The first-order valence-corrected chi connectivity index (χ1v) is 6.22. The van der Waals surface area contributed by atoms with Crippen LogP contribution in [0.25, 0.3) is 0 Å². The number of aromatic nitrogens is 2. The van der Waals surface area contributed by atoms with E-state index in [0.717, 1.165) is 36.2 Å². The predicted octanol–water partition coefficient (Wildman–Crippen LogP) is 3.74. The highest BCUT2D eigenvalue weighted by Gasteiger charge is 2.10. The van der Waals surface area contributed by atoms with Gasteiger partial charge < -0.3 is 4.74 Å². The maximum Gasteiger partial charge on any atom is 0.221 e. The molecule has 0 saturated heterocycles. The van der Waals surface area contributed by atoms with Gasteiger partial charge in [0, 0.05) is 18.4 Å². The maximum atomic E-state index is 6.05. The van der Waals surface area contributed by atoms with Crippen LogP contribution in [0.2, 0.25) is 5.15 Å². The average molecular weight is 255 g/mol. The summed E-state index contributed by atoms with van der Waals surface area (Å²) in [6, 6.07) is 0. The van der Waals surface area contributed by atoms with Gasteiger partial charge in [-0.2, -0.15) is 4.98 Å². The summed E-state index contributed by atoms with van der Waals surface area (Å²) in [5, 5.41) is 0.480. The van der Waals surface area contributed by atoms with Gasteiger partial charge >= 0.3 is 0 Å². The molecule has 94 valence electrons. The van der Waals surface area contributed by atoms with Crippen LogP contribution in [0.3, 0.4) is 0 Å². The molecule has 0 spiro atoms. The molecule has 1 heterocycles. The molecule has 0 aliphatic carbocycles. The molecule has 0 saturated carbocycles. The number of aryl methyl sites for hydroxylation is 1. The van der Waals surface area contributed by atoms with Gasteiger partial charge in [-0.1, -0.05) is 24.1 Å². The van der Waals surface area contributed by atoms with Gasteiger partial charge in [-0.15, -0.1) is 6.58 Å². The van der Waals surface area contributed by atoms with E-state index in [1.54, 1.807) is 0 Å². The molecular formula is C13H19ClN2O. The molecule has 17 heavy (non-hydrogen) atoms. The zero-order chi connectivity index (χ0) is 12.8. The van der Waals surface area contributed by atoms with Crippen LogP contribution in [0.4, 0.5) is 0 Å². The lowest BCUT2D eigenvalue weighted by Gasteiger charge is -2.10. The Morgan fingerprint density at radius 1 is 1.41 bits per heavy atom. The highest BCUT2D eigenvalue weighted by atomic mass is 35.5.